The number of rotatable bonds is 2. The Hall–Kier alpha value is -4.05. The van der Waals surface area contributed by atoms with Crippen molar-refractivity contribution < 1.29 is 4.74 Å². The Morgan fingerprint density at radius 2 is 1.20 bits per heavy atom. The molecule has 0 radical (unpaired) electrons. The Morgan fingerprint density at radius 1 is 0.667 bits per heavy atom. The fourth-order valence-electron chi connectivity index (χ4n) is 4.53. The zero-order chi connectivity index (χ0) is 20.4. The number of hydrogen-bond acceptors (Lipinski definition) is 4. The highest BCUT2D eigenvalue weighted by molar-refractivity contribution is 6.24. The zero-order valence-corrected chi connectivity index (χ0v) is 16.1. The van der Waals surface area contributed by atoms with Gasteiger partial charge in [0.2, 0.25) is 0 Å². The number of aromatic nitrogens is 1. The standard InChI is InChI=1S/C26H15NO3/c1-30-15-8-6-7-14(13-15)20-21-23(16-9-2-4-11-18(16)25(21)28)27-24-17-10-3-5-12-19(17)26(29)22(20)24/h2-13H,1H3. The van der Waals surface area contributed by atoms with Gasteiger partial charge in [0.15, 0.2) is 10.9 Å². The molecule has 0 amide bonds. The van der Waals surface area contributed by atoms with Crippen LogP contribution < -0.4 is 15.6 Å². The molecule has 0 unspecified atom stereocenters. The van der Waals surface area contributed by atoms with E-state index in [0.29, 0.717) is 43.9 Å². The van der Waals surface area contributed by atoms with E-state index in [0.717, 1.165) is 16.3 Å². The van der Waals surface area contributed by atoms with Gasteiger partial charge in [-0.3, -0.25) is 9.59 Å². The minimum absolute atomic E-state index is 0.0996. The molecular weight excluding hydrogens is 374 g/mol. The highest BCUT2D eigenvalue weighted by Crippen LogP contribution is 2.39. The number of fused-ring (bicyclic) bond motifs is 6. The molecule has 0 aliphatic rings. The van der Waals surface area contributed by atoms with Crippen LogP contribution in [0.4, 0.5) is 0 Å². The van der Waals surface area contributed by atoms with Gasteiger partial charge in [-0.2, -0.15) is 0 Å². The van der Waals surface area contributed by atoms with Crippen LogP contribution in [0.5, 0.6) is 5.75 Å². The first kappa shape index (κ1) is 16.9. The first-order valence-corrected chi connectivity index (χ1v) is 9.69. The number of pyridine rings is 1. The second-order valence-electron chi connectivity index (χ2n) is 7.42. The van der Waals surface area contributed by atoms with E-state index in [1.807, 2.05) is 72.8 Å². The molecule has 0 aliphatic heterocycles. The third kappa shape index (κ3) is 2.08. The Bertz CT molecular complexity index is 1620. The van der Waals surface area contributed by atoms with Crippen molar-refractivity contribution in [2.75, 3.05) is 7.11 Å². The van der Waals surface area contributed by atoms with Crippen molar-refractivity contribution in [3.05, 3.63) is 93.2 Å². The average molecular weight is 389 g/mol. The Labute approximate surface area is 170 Å². The van der Waals surface area contributed by atoms with Gasteiger partial charge in [-0.1, -0.05) is 60.7 Å². The van der Waals surface area contributed by atoms with E-state index < -0.39 is 0 Å². The van der Waals surface area contributed by atoms with Crippen molar-refractivity contribution in [1.29, 1.82) is 0 Å². The van der Waals surface area contributed by atoms with E-state index in [4.69, 9.17) is 9.72 Å². The fourth-order valence-corrected chi connectivity index (χ4v) is 4.53. The number of nitrogens with zero attached hydrogens (tertiary/aromatic N) is 1. The first-order valence-electron chi connectivity index (χ1n) is 9.69. The van der Waals surface area contributed by atoms with Gasteiger partial charge in [-0.05, 0) is 17.7 Å². The molecule has 0 aliphatic carbocycles. The van der Waals surface area contributed by atoms with Crippen molar-refractivity contribution in [3.8, 4) is 16.9 Å². The van der Waals surface area contributed by atoms with E-state index >= 15 is 0 Å². The quantitative estimate of drug-likeness (QED) is 0.420. The molecule has 0 bridgehead atoms. The van der Waals surface area contributed by atoms with E-state index in [9.17, 15) is 9.59 Å². The molecule has 4 nitrogen and oxygen atoms in total. The summed E-state index contributed by atoms with van der Waals surface area (Å²) in [6.45, 7) is 0. The fraction of sp³-hybridized carbons (Fsp3) is 0.0385. The summed E-state index contributed by atoms with van der Waals surface area (Å²) in [5.74, 6) is 0.665. The molecule has 142 valence electrons. The summed E-state index contributed by atoms with van der Waals surface area (Å²) >= 11 is 0. The van der Waals surface area contributed by atoms with Gasteiger partial charge in [0.1, 0.15) is 5.75 Å². The van der Waals surface area contributed by atoms with Crippen LogP contribution >= 0.6 is 0 Å². The number of benzene rings is 3. The molecule has 5 aromatic carbocycles. The van der Waals surface area contributed by atoms with Crippen LogP contribution in [-0.4, -0.2) is 12.1 Å². The van der Waals surface area contributed by atoms with E-state index in [1.54, 1.807) is 7.11 Å². The summed E-state index contributed by atoms with van der Waals surface area (Å²) in [4.78, 5) is 31.7. The Balaban J connectivity index is 1.97. The molecule has 1 heterocycles. The molecule has 6 rings (SSSR count). The van der Waals surface area contributed by atoms with Crippen molar-refractivity contribution in [3.63, 3.8) is 0 Å². The summed E-state index contributed by atoms with van der Waals surface area (Å²) < 4.78 is 5.41. The van der Waals surface area contributed by atoms with Crippen molar-refractivity contribution in [2.24, 2.45) is 0 Å². The zero-order valence-electron chi connectivity index (χ0n) is 16.1. The SMILES string of the molecule is COc1cccc(-c2c3c(=O)c4ccccc4c3nc3c2c(=O)c2ccccc23)c1. The van der Waals surface area contributed by atoms with Crippen LogP contribution in [0, 0.1) is 0 Å². The Morgan fingerprint density at radius 3 is 1.73 bits per heavy atom. The third-order valence-electron chi connectivity index (χ3n) is 5.86. The molecule has 0 N–H and O–H groups in total. The molecule has 1 aromatic heterocycles. The van der Waals surface area contributed by atoms with E-state index in [1.165, 1.54) is 0 Å². The van der Waals surface area contributed by atoms with Crippen LogP contribution in [0.3, 0.4) is 0 Å². The van der Waals surface area contributed by atoms with Gasteiger partial charge < -0.3 is 4.74 Å². The lowest BCUT2D eigenvalue weighted by atomic mass is 9.98. The summed E-state index contributed by atoms with van der Waals surface area (Å²) in [6.07, 6.45) is 0. The van der Waals surface area contributed by atoms with Gasteiger partial charge in [-0.15, -0.1) is 0 Å². The van der Waals surface area contributed by atoms with Crippen molar-refractivity contribution in [2.45, 2.75) is 0 Å². The summed E-state index contributed by atoms with van der Waals surface area (Å²) in [7, 11) is 1.60. The number of ether oxygens (including phenoxy) is 1. The minimum Gasteiger partial charge on any atom is -0.497 e. The second-order valence-corrected chi connectivity index (χ2v) is 7.42. The van der Waals surface area contributed by atoms with Gasteiger partial charge in [0.25, 0.3) is 0 Å². The lowest BCUT2D eigenvalue weighted by molar-refractivity contribution is 0.415. The molecule has 0 saturated carbocycles. The smallest absolute Gasteiger partial charge is 0.196 e. The summed E-state index contributed by atoms with van der Waals surface area (Å²) in [5.41, 5.74) is 2.48. The maximum Gasteiger partial charge on any atom is 0.196 e. The topological polar surface area (TPSA) is 56.3 Å². The van der Waals surface area contributed by atoms with Crippen LogP contribution in [0.15, 0.2) is 82.4 Å². The van der Waals surface area contributed by atoms with Gasteiger partial charge in [0, 0.05) is 27.1 Å². The molecule has 4 heteroatoms. The highest BCUT2D eigenvalue weighted by atomic mass is 16.5. The minimum atomic E-state index is -0.0996. The molecule has 0 fully saturated rings. The second kappa shape index (κ2) is 5.97. The monoisotopic (exact) mass is 389 g/mol. The van der Waals surface area contributed by atoms with Crippen molar-refractivity contribution >= 4 is 43.4 Å². The lowest BCUT2D eigenvalue weighted by Crippen LogP contribution is -2.02. The maximum atomic E-state index is 13.4. The molecular formula is C26H15NO3. The molecule has 6 aromatic rings. The number of hydrogen-bond donors (Lipinski definition) is 0. The largest absolute Gasteiger partial charge is 0.497 e. The van der Waals surface area contributed by atoms with Crippen LogP contribution in [-0.2, 0) is 0 Å². The molecule has 0 atom stereocenters. The van der Waals surface area contributed by atoms with E-state index in [2.05, 4.69) is 0 Å². The van der Waals surface area contributed by atoms with Crippen molar-refractivity contribution in [1.82, 2.24) is 4.98 Å². The molecule has 0 saturated heterocycles. The average Bonchev–Trinajstić information content (AvgIpc) is 3.25. The lowest BCUT2D eigenvalue weighted by Gasteiger charge is -2.08. The first-order chi connectivity index (χ1) is 14.7. The van der Waals surface area contributed by atoms with Crippen LogP contribution in [0.1, 0.15) is 0 Å². The normalized spacial score (nSPS) is 11.8. The van der Waals surface area contributed by atoms with Gasteiger partial charge >= 0.3 is 0 Å². The summed E-state index contributed by atoms with van der Waals surface area (Å²) in [5, 5.41) is 3.83. The molecule has 30 heavy (non-hydrogen) atoms. The summed E-state index contributed by atoms with van der Waals surface area (Å²) in [6, 6.07) is 22.4. The van der Waals surface area contributed by atoms with E-state index in [-0.39, 0.29) is 10.9 Å². The highest BCUT2D eigenvalue weighted by Gasteiger charge is 2.23. The third-order valence-corrected chi connectivity index (χ3v) is 5.86. The molecule has 0 spiro atoms. The van der Waals surface area contributed by atoms with Gasteiger partial charge in [0.05, 0.1) is 28.9 Å². The van der Waals surface area contributed by atoms with Gasteiger partial charge in [-0.25, -0.2) is 4.98 Å². The number of methoxy groups -OCH3 is 1. The predicted octanol–water partition coefficient (Wildman–Crippen LogP) is 4.97. The Kier molecular flexibility index (Phi) is 3.36. The van der Waals surface area contributed by atoms with Crippen LogP contribution in [0.25, 0.3) is 54.5 Å². The predicted molar refractivity (Wildman–Crippen MR) is 121 cm³/mol. The maximum absolute atomic E-state index is 13.4. The van der Waals surface area contributed by atoms with Crippen LogP contribution in [0.2, 0.25) is 0 Å².